The van der Waals surface area contributed by atoms with Gasteiger partial charge in [-0.05, 0) is 22.9 Å². The summed E-state index contributed by atoms with van der Waals surface area (Å²) in [6.07, 6.45) is 0.719. The van der Waals surface area contributed by atoms with Gasteiger partial charge < -0.3 is 10.1 Å². The smallest absolute Gasteiger partial charge is 0.227 e. The Morgan fingerprint density at radius 3 is 2.78 bits per heavy atom. The lowest BCUT2D eigenvalue weighted by Crippen LogP contribution is -2.28. The van der Waals surface area contributed by atoms with Crippen molar-refractivity contribution in [2.24, 2.45) is 5.92 Å². The van der Waals surface area contributed by atoms with Gasteiger partial charge in [-0.1, -0.05) is 42.5 Å². The highest BCUT2D eigenvalue weighted by molar-refractivity contribution is 7.10. The third-order valence-electron chi connectivity index (χ3n) is 4.45. The molecule has 1 N–H and O–H groups in total. The van der Waals surface area contributed by atoms with Crippen LogP contribution in [0.3, 0.4) is 0 Å². The molecule has 1 aliphatic carbocycles. The summed E-state index contributed by atoms with van der Waals surface area (Å²) in [5, 5.41) is 7.00. The van der Waals surface area contributed by atoms with Crippen LogP contribution in [0.5, 0.6) is 5.75 Å². The Morgan fingerprint density at radius 2 is 2.00 bits per heavy atom. The maximum atomic E-state index is 12.2. The van der Waals surface area contributed by atoms with E-state index in [9.17, 15) is 4.79 Å². The van der Waals surface area contributed by atoms with Crippen LogP contribution in [0.4, 0.5) is 0 Å². The van der Waals surface area contributed by atoms with Gasteiger partial charge in [-0.25, -0.2) is 0 Å². The highest BCUT2D eigenvalue weighted by Crippen LogP contribution is 2.57. The third-order valence-corrected chi connectivity index (χ3v) is 5.48. The van der Waals surface area contributed by atoms with Crippen molar-refractivity contribution in [2.45, 2.75) is 12.0 Å². The topological polar surface area (TPSA) is 38.3 Å². The minimum atomic E-state index is -0.529. The lowest BCUT2D eigenvalue weighted by molar-refractivity contribution is -0.123. The van der Waals surface area contributed by atoms with Crippen LogP contribution in [-0.4, -0.2) is 13.0 Å². The van der Waals surface area contributed by atoms with Gasteiger partial charge in [0, 0.05) is 23.7 Å². The van der Waals surface area contributed by atoms with E-state index in [0.29, 0.717) is 0 Å². The van der Waals surface area contributed by atoms with Crippen LogP contribution in [-0.2, 0) is 10.4 Å². The molecule has 1 aliphatic rings. The zero-order valence-electron chi connectivity index (χ0n) is 12.8. The average Bonchev–Trinajstić information content (AvgIpc) is 3.05. The van der Waals surface area contributed by atoms with Crippen LogP contribution in [0.2, 0.25) is 0 Å². The zero-order valence-corrected chi connectivity index (χ0v) is 13.6. The SMILES string of the molecule is CNC(=O)[C@@H]1C[C@]1(Oc1cccc2ccccc12)c1cccs1. The summed E-state index contributed by atoms with van der Waals surface area (Å²) < 4.78 is 6.46. The summed E-state index contributed by atoms with van der Waals surface area (Å²) in [5.41, 5.74) is -0.529. The highest BCUT2D eigenvalue weighted by atomic mass is 32.1. The molecule has 1 fully saturated rings. The Labute approximate surface area is 138 Å². The minimum Gasteiger partial charge on any atom is -0.480 e. The van der Waals surface area contributed by atoms with E-state index in [1.165, 1.54) is 0 Å². The quantitative estimate of drug-likeness (QED) is 0.790. The summed E-state index contributed by atoms with van der Waals surface area (Å²) >= 11 is 1.64. The fraction of sp³-hybridized carbons (Fsp3) is 0.211. The fourth-order valence-corrected chi connectivity index (χ4v) is 4.09. The van der Waals surface area contributed by atoms with E-state index in [0.717, 1.165) is 27.8 Å². The summed E-state index contributed by atoms with van der Waals surface area (Å²) in [7, 11) is 1.68. The van der Waals surface area contributed by atoms with Crippen molar-refractivity contribution in [3.05, 3.63) is 64.9 Å². The molecule has 3 aromatic rings. The first kappa shape index (κ1) is 14.3. The summed E-state index contributed by atoms with van der Waals surface area (Å²) in [4.78, 5) is 13.3. The normalized spacial score (nSPS) is 22.7. The van der Waals surface area contributed by atoms with E-state index >= 15 is 0 Å². The minimum absolute atomic E-state index is 0.0404. The molecule has 116 valence electrons. The first-order valence-corrected chi connectivity index (χ1v) is 8.55. The molecule has 23 heavy (non-hydrogen) atoms. The number of nitrogens with one attached hydrogen (secondary N) is 1. The first-order chi connectivity index (χ1) is 11.2. The molecular formula is C19H17NO2S. The van der Waals surface area contributed by atoms with E-state index < -0.39 is 5.60 Å². The number of benzene rings is 2. The zero-order chi connectivity index (χ0) is 15.9. The average molecular weight is 323 g/mol. The molecule has 1 amide bonds. The number of thiophene rings is 1. The van der Waals surface area contributed by atoms with Crippen molar-refractivity contribution >= 4 is 28.0 Å². The Hall–Kier alpha value is -2.33. The van der Waals surface area contributed by atoms with E-state index in [-0.39, 0.29) is 11.8 Å². The van der Waals surface area contributed by atoms with Crippen molar-refractivity contribution in [2.75, 3.05) is 7.05 Å². The monoisotopic (exact) mass is 323 g/mol. The maximum Gasteiger partial charge on any atom is 0.227 e. The van der Waals surface area contributed by atoms with Gasteiger partial charge >= 0.3 is 0 Å². The molecule has 3 nitrogen and oxygen atoms in total. The van der Waals surface area contributed by atoms with Crippen molar-refractivity contribution < 1.29 is 9.53 Å². The number of fused-ring (bicyclic) bond motifs is 1. The summed E-state index contributed by atoms with van der Waals surface area (Å²) in [6, 6.07) is 18.3. The number of amides is 1. The van der Waals surface area contributed by atoms with Gasteiger partial charge in [0.05, 0.1) is 5.92 Å². The number of ether oxygens (including phenoxy) is 1. The van der Waals surface area contributed by atoms with E-state index in [2.05, 4.69) is 29.6 Å². The maximum absolute atomic E-state index is 12.2. The number of carbonyl (C=O) groups is 1. The summed E-state index contributed by atoms with van der Waals surface area (Å²) in [6.45, 7) is 0. The van der Waals surface area contributed by atoms with Gasteiger partial charge in [-0.3, -0.25) is 4.79 Å². The second-order valence-corrected chi connectivity index (χ2v) is 6.76. The molecule has 0 radical (unpaired) electrons. The Morgan fingerprint density at radius 1 is 1.17 bits per heavy atom. The number of hydrogen-bond acceptors (Lipinski definition) is 3. The van der Waals surface area contributed by atoms with Gasteiger partial charge in [0.25, 0.3) is 0 Å². The number of hydrogen-bond donors (Lipinski definition) is 1. The first-order valence-electron chi connectivity index (χ1n) is 7.67. The molecule has 0 unspecified atom stereocenters. The molecule has 2 aromatic carbocycles. The lowest BCUT2D eigenvalue weighted by Gasteiger charge is -2.20. The van der Waals surface area contributed by atoms with E-state index in [1.807, 2.05) is 35.7 Å². The number of carbonyl (C=O) groups excluding carboxylic acids is 1. The van der Waals surface area contributed by atoms with Gasteiger partial charge in [-0.2, -0.15) is 0 Å². The highest BCUT2D eigenvalue weighted by Gasteiger charge is 2.63. The molecule has 0 spiro atoms. The molecule has 2 atom stereocenters. The second-order valence-electron chi connectivity index (χ2n) is 5.82. The van der Waals surface area contributed by atoms with Crippen LogP contribution in [0.15, 0.2) is 60.0 Å². The Bertz CT molecular complexity index is 853. The molecule has 4 heteroatoms. The Balaban J connectivity index is 1.76. The molecular weight excluding hydrogens is 306 g/mol. The molecule has 1 heterocycles. The Kier molecular flexibility index (Phi) is 3.34. The second kappa shape index (κ2) is 5.39. The van der Waals surface area contributed by atoms with Crippen LogP contribution in [0.25, 0.3) is 10.8 Å². The molecule has 1 saturated carbocycles. The van der Waals surface area contributed by atoms with Crippen molar-refractivity contribution in [1.82, 2.24) is 5.32 Å². The molecule has 0 saturated heterocycles. The standard InChI is InChI=1S/C19H17NO2S/c1-20-18(21)15-12-19(15,17-10-5-11-23-17)22-16-9-4-7-13-6-2-3-8-14(13)16/h2-11,15H,12H2,1H3,(H,20,21)/t15-,19+/m0/s1. The largest absolute Gasteiger partial charge is 0.480 e. The van der Waals surface area contributed by atoms with Gasteiger partial charge in [0.15, 0.2) is 5.60 Å². The van der Waals surface area contributed by atoms with Gasteiger partial charge in [0.2, 0.25) is 5.91 Å². The van der Waals surface area contributed by atoms with Crippen molar-refractivity contribution in [1.29, 1.82) is 0 Å². The van der Waals surface area contributed by atoms with Crippen LogP contribution in [0.1, 0.15) is 11.3 Å². The molecule has 0 bridgehead atoms. The van der Waals surface area contributed by atoms with Gasteiger partial charge in [0.1, 0.15) is 5.75 Å². The third kappa shape index (κ3) is 2.30. The summed E-state index contributed by atoms with van der Waals surface area (Å²) in [5.74, 6) is 0.742. The molecule has 0 aliphatic heterocycles. The number of rotatable bonds is 4. The predicted molar refractivity (Wildman–Crippen MR) is 92.7 cm³/mol. The van der Waals surface area contributed by atoms with Crippen molar-refractivity contribution in [3.63, 3.8) is 0 Å². The van der Waals surface area contributed by atoms with Crippen LogP contribution in [0, 0.1) is 5.92 Å². The fourth-order valence-electron chi connectivity index (χ4n) is 3.16. The van der Waals surface area contributed by atoms with Crippen molar-refractivity contribution in [3.8, 4) is 5.75 Å². The molecule has 4 rings (SSSR count). The van der Waals surface area contributed by atoms with Crippen LogP contribution >= 0.6 is 11.3 Å². The molecule has 1 aromatic heterocycles. The predicted octanol–water partition coefficient (Wildman–Crippen LogP) is 3.94. The van der Waals surface area contributed by atoms with E-state index in [1.54, 1.807) is 18.4 Å². The lowest BCUT2D eigenvalue weighted by atomic mass is 10.1. The van der Waals surface area contributed by atoms with Gasteiger partial charge in [-0.15, -0.1) is 11.3 Å². The van der Waals surface area contributed by atoms with E-state index in [4.69, 9.17) is 4.74 Å². The van der Waals surface area contributed by atoms with Crippen LogP contribution < -0.4 is 10.1 Å².